The van der Waals surface area contributed by atoms with Gasteiger partial charge in [0, 0.05) is 12.1 Å². The highest BCUT2D eigenvalue weighted by Crippen LogP contribution is 2.16. The van der Waals surface area contributed by atoms with Crippen LogP contribution in [0.3, 0.4) is 0 Å². The Kier molecular flexibility index (Phi) is 4.83. The molecule has 0 saturated carbocycles. The molecule has 0 amide bonds. The van der Waals surface area contributed by atoms with Gasteiger partial charge in [-0.05, 0) is 18.2 Å². The number of nitrogens with two attached hydrogens (primary N) is 1. The van der Waals surface area contributed by atoms with Crippen LogP contribution in [0.2, 0.25) is 0 Å². The molecule has 2 nitrogen and oxygen atoms in total. The summed E-state index contributed by atoms with van der Waals surface area (Å²) in [7, 11) is 0. The van der Waals surface area contributed by atoms with Crippen molar-refractivity contribution in [2.45, 2.75) is 6.10 Å². The van der Waals surface area contributed by atoms with E-state index in [0.29, 0.717) is 0 Å². The highest BCUT2D eigenvalue weighted by atomic mass is 35.5. The van der Waals surface area contributed by atoms with Crippen LogP contribution in [-0.2, 0) is 0 Å². The monoisotopic (exact) mass is 209 g/mol. The standard InChI is InChI=1S/C8H9F2NO.ClH/c9-5-1-2-7(10)6(3-5)8(12)4-11;/h1-3,8,12H,4,11H2;1H. The van der Waals surface area contributed by atoms with E-state index in [1.54, 1.807) is 0 Å². The molecule has 1 unspecified atom stereocenters. The Labute approximate surface area is 80.8 Å². The van der Waals surface area contributed by atoms with Gasteiger partial charge in [-0.2, -0.15) is 0 Å². The second-order valence-corrected chi connectivity index (χ2v) is 2.42. The van der Waals surface area contributed by atoms with Gasteiger partial charge in [-0.1, -0.05) is 0 Å². The fourth-order valence-electron chi connectivity index (χ4n) is 0.897. The maximum absolute atomic E-state index is 12.8. The lowest BCUT2D eigenvalue weighted by molar-refractivity contribution is 0.181. The van der Waals surface area contributed by atoms with Gasteiger partial charge < -0.3 is 10.8 Å². The molecule has 0 saturated heterocycles. The predicted molar refractivity (Wildman–Crippen MR) is 47.6 cm³/mol. The first kappa shape index (κ1) is 12.3. The maximum atomic E-state index is 12.8. The van der Waals surface area contributed by atoms with Crippen LogP contribution in [0.15, 0.2) is 18.2 Å². The van der Waals surface area contributed by atoms with Gasteiger partial charge in [-0.3, -0.25) is 0 Å². The minimum atomic E-state index is -1.14. The Morgan fingerprint density at radius 1 is 1.38 bits per heavy atom. The summed E-state index contributed by atoms with van der Waals surface area (Å²) in [6, 6.07) is 2.89. The van der Waals surface area contributed by atoms with Crippen molar-refractivity contribution in [3.63, 3.8) is 0 Å². The van der Waals surface area contributed by atoms with Crippen molar-refractivity contribution < 1.29 is 13.9 Å². The Bertz CT molecular complexity index is 283. The van der Waals surface area contributed by atoms with Crippen molar-refractivity contribution in [3.8, 4) is 0 Å². The molecule has 1 rings (SSSR count). The molecule has 0 aliphatic carbocycles. The molecule has 0 heterocycles. The molecule has 0 radical (unpaired) electrons. The number of hydrogen-bond acceptors (Lipinski definition) is 2. The van der Waals surface area contributed by atoms with E-state index in [4.69, 9.17) is 10.8 Å². The Morgan fingerprint density at radius 2 is 2.00 bits per heavy atom. The van der Waals surface area contributed by atoms with Gasteiger partial charge in [-0.15, -0.1) is 12.4 Å². The molecule has 13 heavy (non-hydrogen) atoms. The quantitative estimate of drug-likeness (QED) is 0.773. The zero-order valence-corrected chi connectivity index (χ0v) is 7.52. The van der Waals surface area contributed by atoms with E-state index in [9.17, 15) is 8.78 Å². The van der Waals surface area contributed by atoms with Crippen LogP contribution in [0.4, 0.5) is 8.78 Å². The highest BCUT2D eigenvalue weighted by molar-refractivity contribution is 5.85. The molecule has 0 spiro atoms. The average Bonchev–Trinajstić information content (AvgIpc) is 2.08. The van der Waals surface area contributed by atoms with Gasteiger partial charge in [0.05, 0.1) is 6.10 Å². The van der Waals surface area contributed by atoms with Crippen molar-refractivity contribution in [1.29, 1.82) is 0 Å². The summed E-state index contributed by atoms with van der Waals surface area (Å²) in [6.07, 6.45) is -1.14. The lowest BCUT2D eigenvalue weighted by Gasteiger charge is -2.08. The minimum absolute atomic E-state index is 0. The number of hydrogen-bond donors (Lipinski definition) is 2. The Morgan fingerprint density at radius 3 is 2.54 bits per heavy atom. The third-order valence-corrected chi connectivity index (χ3v) is 1.54. The molecule has 74 valence electrons. The van der Waals surface area contributed by atoms with Crippen LogP contribution in [-0.4, -0.2) is 11.7 Å². The normalized spacial score (nSPS) is 12.0. The molecule has 0 aliphatic heterocycles. The van der Waals surface area contributed by atoms with E-state index in [-0.39, 0.29) is 24.5 Å². The van der Waals surface area contributed by atoms with Crippen molar-refractivity contribution in [2.24, 2.45) is 5.73 Å². The van der Waals surface area contributed by atoms with Gasteiger partial charge in [0.1, 0.15) is 11.6 Å². The first-order valence-corrected chi connectivity index (χ1v) is 3.48. The zero-order valence-electron chi connectivity index (χ0n) is 6.71. The highest BCUT2D eigenvalue weighted by Gasteiger charge is 2.11. The molecule has 0 fully saturated rings. The van der Waals surface area contributed by atoms with Gasteiger partial charge >= 0.3 is 0 Å². The smallest absolute Gasteiger partial charge is 0.129 e. The summed E-state index contributed by atoms with van der Waals surface area (Å²) in [4.78, 5) is 0. The van der Waals surface area contributed by atoms with Gasteiger partial charge in [0.15, 0.2) is 0 Å². The molecule has 1 aromatic carbocycles. The number of benzene rings is 1. The third-order valence-electron chi connectivity index (χ3n) is 1.54. The summed E-state index contributed by atoms with van der Waals surface area (Å²) >= 11 is 0. The average molecular weight is 210 g/mol. The predicted octanol–water partition coefficient (Wildman–Crippen LogP) is 1.38. The lowest BCUT2D eigenvalue weighted by atomic mass is 10.1. The van der Waals surface area contributed by atoms with Gasteiger partial charge in [0.2, 0.25) is 0 Å². The largest absolute Gasteiger partial charge is 0.387 e. The van der Waals surface area contributed by atoms with Crippen LogP contribution in [0.5, 0.6) is 0 Å². The van der Waals surface area contributed by atoms with Crippen LogP contribution >= 0.6 is 12.4 Å². The van der Waals surface area contributed by atoms with E-state index in [0.717, 1.165) is 18.2 Å². The van der Waals surface area contributed by atoms with Crippen molar-refractivity contribution in [1.82, 2.24) is 0 Å². The molecule has 3 N–H and O–H groups in total. The topological polar surface area (TPSA) is 46.2 Å². The van der Waals surface area contributed by atoms with E-state index in [1.165, 1.54) is 0 Å². The van der Waals surface area contributed by atoms with Gasteiger partial charge in [-0.25, -0.2) is 8.78 Å². The third kappa shape index (κ3) is 2.91. The van der Waals surface area contributed by atoms with Crippen molar-refractivity contribution in [3.05, 3.63) is 35.4 Å². The Hall–Kier alpha value is -0.710. The zero-order chi connectivity index (χ0) is 9.14. The molecule has 5 heteroatoms. The molecule has 0 aromatic heterocycles. The van der Waals surface area contributed by atoms with Gasteiger partial charge in [0.25, 0.3) is 0 Å². The first-order valence-electron chi connectivity index (χ1n) is 3.48. The van der Waals surface area contributed by atoms with Crippen LogP contribution in [0, 0.1) is 11.6 Å². The SMILES string of the molecule is Cl.NCC(O)c1cc(F)ccc1F. The van der Waals surface area contributed by atoms with E-state index < -0.39 is 17.7 Å². The Balaban J connectivity index is 0.00000144. The van der Waals surface area contributed by atoms with Crippen LogP contribution in [0.1, 0.15) is 11.7 Å². The first-order chi connectivity index (χ1) is 5.65. The summed E-state index contributed by atoms with van der Waals surface area (Å²) in [5.74, 6) is -1.23. The summed E-state index contributed by atoms with van der Waals surface area (Å²) in [5.41, 5.74) is 4.98. The summed E-state index contributed by atoms with van der Waals surface area (Å²) in [6.45, 7) is -0.125. The van der Waals surface area contributed by atoms with E-state index in [1.807, 2.05) is 0 Å². The molecule has 0 aliphatic rings. The fourth-order valence-corrected chi connectivity index (χ4v) is 0.897. The molecular weight excluding hydrogens is 200 g/mol. The van der Waals surface area contributed by atoms with Crippen molar-refractivity contribution in [2.75, 3.05) is 6.54 Å². The van der Waals surface area contributed by atoms with E-state index >= 15 is 0 Å². The lowest BCUT2D eigenvalue weighted by Crippen LogP contribution is -2.13. The molecular formula is C8H10ClF2NO. The number of aliphatic hydroxyl groups excluding tert-OH is 1. The molecule has 0 bridgehead atoms. The fraction of sp³-hybridized carbons (Fsp3) is 0.250. The summed E-state index contributed by atoms with van der Waals surface area (Å²) < 4.78 is 25.4. The molecule has 1 atom stereocenters. The minimum Gasteiger partial charge on any atom is -0.387 e. The number of halogens is 3. The maximum Gasteiger partial charge on any atom is 0.129 e. The number of rotatable bonds is 2. The number of aliphatic hydroxyl groups is 1. The van der Waals surface area contributed by atoms with Crippen LogP contribution < -0.4 is 5.73 Å². The second-order valence-electron chi connectivity index (χ2n) is 2.42. The van der Waals surface area contributed by atoms with Crippen molar-refractivity contribution >= 4 is 12.4 Å². The second kappa shape index (κ2) is 5.11. The molecule has 1 aromatic rings. The summed E-state index contributed by atoms with van der Waals surface area (Å²) in [5, 5.41) is 9.10. The van der Waals surface area contributed by atoms with Crippen LogP contribution in [0.25, 0.3) is 0 Å². The van der Waals surface area contributed by atoms with E-state index in [2.05, 4.69) is 0 Å².